The number of thiocarbonyl (C=S) groups is 1. The van der Waals surface area contributed by atoms with Crippen LogP contribution < -0.4 is 15.4 Å². The van der Waals surface area contributed by atoms with Gasteiger partial charge in [-0.2, -0.15) is 0 Å². The molecule has 1 aromatic heterocycles. The van der Waals surface area contributed by atoms with Crippen LogP contribution in [0.3, 0.4) is 0 Å². The van der Waals surface area contributed by atoms with Crippen LogP contribution in [0.25, 0.3) is 10.2 Å². The molecule has 7 heteroatoms. The van der Waals surface area contributed by atoms with Crippen LogP contribution >= 0.6 is 23.6 Å². The maximum Gasteiger partial charge on any atom is 0.261 e. The van der Waals surface area contributed by atoms with E-state index in [1.807, 2.05) is 25.1 Å². The number of benzene rings is 2. The minimum Gasteiger partial charge on any atom is -0.496 e. The highest BCUT2D eigenvalue weighted by atomic mass is 32.1. The predicted molar refractivity (Wildman–Crippen MR) is 120 cm³/mol. The molecule has 0 aliphatic carbocycles. The number of nitrogens with one attached hydrogen (secondary N) is 2. The first-order valence-corrected chi connectivity index (χ1v) is 10.4. The first-order chi connectivity index (χ1) is 13.5. The molecular weight excluding hydrogens is 390 g/mol. The lowest BCUT2D eigenvalue weighted by molar-refractivity contribution is 0.0974. The highest BCUT2D eigenvalue weighted by Gasteiger charge is 2.16. The fourth-order valence-electron chi connectivity index (χ4n) is 2.96. The van der Waals surface area contributed by atoms with E-state index in [2.05, 4.69) is 34.7 Å². The molecule has 0 unspecified atom stereocenters. The first kappa shape index (κ1) is 20.2. The van der Waals surface area contributed by atoms with Gasteiger partial charge in [0.25, 0.3) is 5.91 Å². The summed E-state index contributed by atoms with van der Waals surface area (Å²) in [6.45, 7) is 4.08. The molecule has 0 aliphatic rings. The largest absolute Gasteiger partial charge is 0.496 e. The van der Waals surface area contributed by atoms with Crippen molar-refractivity contribution in [3.05, 3.63) is 53.1 Å². The number of fused-ring (bicyclic) bond motifs is 1. The first-order valence-electron chi connectivity index (χ1n) is 9.17. The van der Waals surface area contributed by atoms with Crippen LogP contribution in [-0.2, 0) is 6.42 Å². The summed E-state index contributed by atoms with van der Waals surface area (Å²) in [5.74, 6) is 0.225. The van der Waals surface area contributed by atoms with Crippen LogP contribution in [0, 0.1) is 6.92 Å². The van der Waals surface area contributed by atoms with E-state index in [4.69, 9.17) is 17.0 Å². The zero-order valence-electron chi connectivity index (χ0n) is 16.2. The van der Waals surface area contributed by atoms with Crippen LogP contribution in [0.4, 0.5) is 5.13 Å². The molecule has 0 radical (unpaired) electrons. The number of amides is 1. The zero-order chi connectivity index (χ0) is 20.1. The third-order valence-electron chi connectivity index (χ3n) is 4.38. The normalized spacial score (nSPS) is 10.7. The molecule has 0 aliphatic heterocycles. The number of ether oxygens (including phenoxy) is 1. The number of nitrogens with zero attached hydrogens (tertiary/aromatic N) is 1. The highest BCUT2D eigenvalue weighted by molar-refractivity contribution is 7.80. The van der Waals surface area contributed by atoms with Crippen molar-refractivity contribution in [2.75, 3.05) is 12.4 Å². The average molecular weight is 414 g/mol. The number of para-hydroxylation sites is 1. The molecule has 5 nitrogen and oxygen atoms in total. The number of aromatic nitrogens is 1. The van der Waals surface area contributed by atoms with Crippen LogP contribution in [0.5, 0.6) is 5.75 Å². The van der Waals surface area contributed by atoms with Crippen molar-refractivity contribution in [2.45, 2.75) is 33.1 Å². The van der Waals surface area contributed by atoms with Crippen molar-refractivity contribution < 1.29 is 9.53 Å². The Bertz CT molecular complexity index is 1010. The van der Waals surface area contributed by atoms with Crippen molar-refractivity contribution in [3.8, 4) is 5.75 Å². The van der Waals surface area contributed by atoms with Crippen LogP contribution in [0.15, 0.2) is 36.4 Å². The van der Waals surface area contributed by atoms with E-state index in [1.165, 1.54) is 29.7 Å². The van der Waals surface area contributed by atoms with E-state index in [0.717, 1.165) is 22.2 Å². The number of unbranched alkanes of at least 4 members (excludes halogenated alkanes) is 1. The Balaban J connectivity index is 1.69. The third kappa shape index (κ3) is 4.66. The molecule has 0 bridgehead atoms. The zero-order valence-corrected chi connectivity index (χ0v) is 17.8. The van der Waals surface area contributed by atoms with Gasteiger partial charge in [0.05, 0.1) is 22.9 Å². The van der Waals surface area contributed by atoms with Gasteiger partial charge in [-0.15, -0.1) is 0 Å². The number of carbonyl (C=O) groups excluding carboxylic acids is 1. The standard InChI is InChI=1S/C21H23N3O2S2/c1-4-5-8-14-10-11-16-17(12-14)28-21(22-16)24-20(27)23-19(25)15-9-6-7-13(2)18(15)26-3/h6-7,9-12H,4-5,8H2,1-3H3,(H2,22,23,24,25,27). The Labute approximate surface area is 174 Å². The summed E-state index contributed by atoms with van der Waals surface area (Å²) in [7, 11) is 1.55. The number of carbonyl (C=O) groups is 1. The lowest BCUT2D eigenvalue weighted by Crippen LogP contribution is -2.34. The number of thiazole rings is 1. The monoisotopic (exact) mass is 413 g/mol. The summed E-state index contributed by atoms with van der Waals surface area (Å²) in [5.41, 5.74) is 3.56. The van der Waals surface area contributed by atoms with Crippen LogP contribution in [0.2, 0.25) is 0 Å². The second-order valence-corrected chi connectivity index (χ2v) is 7.93. The Morgan fingerprint density at radius 1 is 1.29 bits per heavy atom. The second kappa shape index (κ2) is 9.12. The molecule has 28 heavy (non-hydrogen) atoms. The molecule has 1 amide bonds. The van der Waals surface area contributed by atoms with E-state index in [0.29, 0.717) is 16.4 Å². The third-order valence-corrected chi connectivity index (χ3v) is 5.52. The van der Waals surface area contributed by atoms with Gasteiger partial charge < -0.3 is 10.1 Å². The topological polar surface area (TPSA) is 63.2 Å². The molecule has 0 spiro atoms. The van der Waals surface area contributed by atoms with Crippen molar-refractivity contribution >= 4 is 49.9 Å². The molecule has 146 valence electrons. The molecule has 3 rings (SSSR count). The lowest BCUT2D eigenvalue weighted by Gasteiger charge is -2.12. The second-order valence-electron chi connectivity index (χ2n) is 6.49. The molecule has 3 aromatic rings. The maximum atomic E-state index is 12.6. The van der Waals surface area contributed by atoms with Gasteiger partial charge in [-0.3, -0.25) is 10.1 Å². The number of hydrogen-bond acceptors (Lipinski definition) is 5. The Morgan fingerprint density at radius 3 is 2.86 bits per heavy atom. The summed E-state index contributed by atoms with van der Waals surface area (Å²) in [6.07, 6.45) is 3.42. The van der Waals surface area contributed by atoms with Crippen molar-refractivity contribution in [2.24, 2.45) is 0 Å². The summed E-state index contributed by atoms with van der Waals surface area (Å²) in [5, 5.41) is 6.58. The van der Waals surface area contributed by atoms with Gasteiger partial charge in [0.2, 0.25) is 0 Å². The molecule has 2 N–H and O–H groups in total. The number of aryl methyl sites for hydroxylation is 2. The lowest BCUT2D eigenvalue weighted by atomic mass is 10.1. The van der Waals surface area contributed by atoms with Gasteiger partial charge in [0.1, 0.15) is 5.75 Å². The smallest absolute Gasteiger partial charge is 0.261 e. The minimum atomic E-state index is -0.319. The van der Waals surface area contributed by atoms with Crippen molar-refractivity contribution in [1.29, 1.82) is 0 Å². The summed E-state index contributed by atoms with van der Waals surface area (Å²) < 4.78 is 6.44. The van der Waals surface area contributed by atoms with Crippen LogP contribution in [0.1, 0.15) is 41.3 Å². The van der Waals surface area contributed by atoms with Gasteiger partial charge in [-0.1, -0.05) is 42.9 Å². The quantitative estimate of drug-likeness (QED) is 0.552. The van der Waals surface area contributed by atoms with E-state index in [1.54, 1.807) is 13.2 Å². The number of anilines is 1. The fourth-order valence-corrected chi connectivity index (χ4v) is 4.15. The van der Waals surface area contributed by atoms with E-state index in [-0.39, 0.29) is 11.0 Å². The van der Waals surface area contributed by atoms with Gasteiger partial charge in [-0.25, -0.2) is 4.98 Å². The molecule has 0 atom stereocenters. The number of methoxy groups -OCH3 is 1. The number of rotatable bonds is 6. The Hall–Kier alpha value is -2.51. The summed E-state index contributed by atoms with van der Waals surface area (Å²) in [4.78, 5) is 17.1. The highest BCUT2D eigenvalue weighted by Crippen LogP contribution is 2.27. The van der Waals surface area contributed by atoms with Crippen molar-refractivity contribution in [1.82, 2.24) is 10.3 Å². The van der Waals surface area contributed by atoms with Gasteiger partial charge in [0.15, 0.2) is 10.2 Å². The molecular formula is C21H23N3O2S2. The SMILES string of the molecule is CCCCc1ccc2nc(NC(=S)NC(=O)c3cccc(C)c3OC)sc2c1. The summed E-state index contributed by atoms with van der Waals surface area (Å²) in [6, 6.07) is 11.7. The average Bonchev–Trinajstić information content (AvgIpc) is 3.07. The molecule has 0 fully saturated rings. The molecule has 1 heterocycles. The summed E-state index contributed by atoms with van der Waals surface area (Å²) >= 11 is 6.82. The van der Waals surface area contributed by atoms with E-state index < -0.39 is 0 Å². The van der Waals surface area contributed by atoms with Crippen molar-refractivity contribution in [3.63, 3.8) is 0 Å². The van der Waals surface area contributed by atoms with E-state index in [9.17, 15) is 4.79 Å². The maximum absolute atomic E-state index is 12.6. The van der Waals surface area contributed by atoms with E-state index >= 15 is 0 Å². The van der Waals surface area contributed by atoms with Gasteiger partial charge in [-0.05, 0) is 61.3 Å². The molecule has 0 saturated heterocycles. The Kier molecular flexibility index (Phi) is 6.59. The molecule has 2 aromatic carbocycles. The van der Waals surface area contributed by atoms with Crippen LogP contribution in [-0.4, -0.2) is 23.1 Å². The fraction of sp³-hybridized carbons (Fsp3) is 0.286. The minimum absolute atomic E-state index is 0.207. The predicted octanol–water partition coefficient (Wildman–Crippen LogP) is 5.08. The van der Waals surface area contributed by atoms with Gasteiger partial charge in [0, 0.05) is 0 Å². The number of hydrogen-bond donors (Lipinski definition) is 2. The van der Waals surface area contributed by atoms with Gasteiger partial charge >= 0.3 is 0 Å². The molecule has 0 saturated carbocycles. The Morgan fingerprint density at radius 2 is 2.11 bits per heavy atom.